The molecule has 5 nitrogen and oxygen atoms in total. The Bertz CT molecular complexity index is 1030. The summed E-state index contributed by atoms with van der Waals surface area (Å²) in [4.78, 5) is 17.8. The highest BCUT2D eigenvalue weighted by Gasteiger charge is 2.14. The van der Waals surface area contributed by atoms with E-state index in [-0.39, 0.29) is 0 Å². The minimum Gasteiger partial charge on any atom is -0.410 e. The van der Waals surface area contributed by atoms with Crippen LogP contribution in [0.15, 0.2) is 59.2 Å². The van der Waals surface area contributed by atoms with Gasteiger partial charge in [0.05, 0.1) is 0 Å². The fourth-order valence-electron chi connectivity index (χ4n) is 3.26. The zero-order valence-corrected chi connectivity index (χ0v) is 16.5. The van der Waals surface area contributed by atoms with E-state index in [1.807, 2.05) is 36.5 Å². The van der Waals surface area contributed by atoms with Crippen LogP contribution in [0.5, 0.6) is 5.75 Å². The third-order valence-corrected chi connectivity index (χ3v) is 5.19. The summed E-state index contributed by atoms with van der Waals surface area (Å²) in [6.45, 7) is 2.01. The summed E-state index contributed by atoms with van der Waals surface area (Å²) in [5.41, 5.74) is 4.29. The van der Waals surface area contributed by atoms with Gasteiger partial charge in [0.25, 0.3) is 0 Å². The summed E-state index contributed by atoms with van der Waals surface area (Å²) in [6, 6.07) is 13.0. The normalized spacial score (nSPS) is 14.8. The van der Waals surface area contributed by atoms with Crippen LogP contribution in [-0.4, -0.2) is 36.1 Å². The largest absolute Gasteiger partial charge is 0.417 e. The molecule has 3 aromatic rings. The Balaban J connectivity index is 1.54. The highest BCUT2D eigenvalue weighted by atomic mass is 79.9. The predicted molar refractivity (Wildman–Crippen MR) is 112 cm³/mol. The first-order chi connectivity index (χ1) is 13.1. The quantitative estimate of drug-likeness (QED) is 0.601. The van der Waals surface area contributed by atoms with Crippen molar-refractivity contribution in [3.05, 3.63) is 64.8 Å². The van der Waals surface area contributed by atoms with Crippen molar-refractivity contribution < 1.29 is 9.53 Å². The van der Waals surface area contributed by atoms with Crippen molar-refractivity contribution >= 4 is 44.2 Å². The molecule has 2 aromatic carbocycles. The number of halogens is 1. The van der Waals surface area contributed by atoms with E-state index in [4.69, 9.17) is 4.74 Å². The maximum Gasteiger partial charge on any atom is 0.417 e. The number of nitrogens with one attached hydrogen (secondary N) is 2. The first-order valence-corrected chi connectivity index (χ1v) is 9.61. The van der Waals surface area contributed by atoms with Gasteiger partial charge in [0.2, 0.25) is 0 Å². The van der Waals surface area contributed by atoms with E-state index in [1.165, 1.54) is 11.1 Å². The number of benzene rings is 2. The molecule has 0 atom stereocenters. The monoisotopic (exact) mass is 425 g/mol. The van der Waals surface area contributed by atoms with E-state index >= 15 is 0 Å². The Hall–Kier alpha value is -2.57. The van der Waals surface area contributed by atoms with Crippen LogP contribution in [0.3, 0.4) is 0 Å². The van der Waals surface area contributed by atoms with Gasteiger partial charge in [-0.15, -0.1) is 0 Å². The van der Waals surface area contributed by atoms with Gasteiger partial charge in [0, 0.05) is 45.9 Å². The van der Waals surface area contributed by atoms with E-state index in [1.54, 1.807) is 12.1 Å². The van der Waals surface area contributed by atoms with E-state index in [9.17, 15) is 4.79 Å². The maximum absolute atomic E-state index is 12.2. The van der Waals surface area contributed by atoms with E-state index in [2.05, 4.69) is 44.3 Å². The number of amides is 1. The first kappa shape index (κ1) is 17.8. The summed E-state index contributed by atoms with van der Waals surface area (Å²) in [7, 11) is 2.13. The Kier molecular flexibility index (Phi) is 5.01. The van der Waals surface area contributed by atoms with Crippen molar-refractivity contribution in [3.8, 4) is 5.75 Å². The molecule has 1 aliphatic rings. The fourth-order valence-corrected chi connectivity index (χ4v) is 3.64. The van der Waals surface area contributed by atoms with Gasteiger partial charge in [-0.05, 0) is 55.4 Å². The highest BCUT2D eigenvalue weighted by Crippen LogP contribution is 2.31. The van der Waals surface area contributed by atoms with Crippen LogP contribution in [0.1, 0.15) is 12.0 Å². The Labute approximate surface area is 166 Å². The molecule has 0 aliphatic carbocycles. The molecule has 0 spiro atoms. The number of H-pyrrole nitrogens is 1. The molecular formula is C21H20BrN3O2. The minimum absolute atomic E-state index is 0.488. The van der Waals surface area contributed by atoms with Crippen LogP contribution in [-0.2, 0) is 0 Å². The molecule has 27 heavy (non-hydrogen) atoms. The number of aromatic nitrogens is 1. The number of hydrogen-bond donors (Lipinski definition) is 2. The molecule has 0 radical (unpaired) electrons. The molecule has 4 rings (SSSR count). The number of aromatic amines is 1. The van der Waals surface area contributed by atoms with Crippen molar-refractivity contribution in [1.29, 1.82) is 0 Å². The minimum atomic E-state index is -0.511. The number of fused-ring (bicyclic) bond motifs is 1. The summed E-state index contributed by atoms with van der Waals surface area (Å²) < 4.78 is 6.21. The third-order valence-electron chi connectivity index (χ3n) is 4.69. The van der Waals surface area contributed by atoms with Gasteiger partial charge < -0.3 is 14.6 Å². The topological polar surface area (TPSA) is 57.4 Å². The second kappa shape index (κ2) is 7.58. The number of anilines is 1. The average Bonchev–Trinajstić information content (AvgIpc) is 3.05. The molecule has 138 valence electrons. The van der Waals surface area contributed by atoms with Crippen molar-refractivity contribution in [2.45, 2.75) is 6.42 Å². The lowest BCUT2D eigenvalue weighted by atomic mass is 9.99. The number of rotatable bonds is 3. The molecule has 0 unspecified atom stereocenters. The van der Waals surface area contributed by atoms with Crippen LogP contribution >= 0.6 is 15.9 Å². The molecule has 0 fully saturated rings. The number of likely N-dealkylation sites (N-methyl/N-ethyl adjacent to an activating group) is 1. The van der Waals surface area contributed by atoms with E-state index in [0.717, 1.165) is 34.9 Å². The first-order valence-electron chi connectivity index (χ1n) is 8.82. The molecule has 2 N–H and O–H groups in total. The second-order valence-corrected chi connectivity index (χ2v) is 7.59. The average molecular weight is 426 g/mol. The van der Waals surface area contributed by atoms with Crippen molar-refractivity contribution in [2.24, 2.45) is 0 Å². The van der Waals surface area contributed by atoms with Crippen molar-refractivity contribution in [2.75, 3.05) is 25.5 Å². The predicted octanol–water partition coefficient (Wildman–Crippen LogP) is 5.26. The Morgan fingerprint density at radius 3 is 2.93 bits per heavy atom. The van der Waals surface area contributed by atoms with Crippen LogP contribution in [0.2, 0.25) is 0 Å². The Morgan fingerprint density at radius 2 is 2.15 bits per heavy atom. The van der Waals surface area contributed by atoms with Gasteiger partial charge in [-0.1, -0.05) is 28.1 Å². The Morgan fingerprint density at radius 1 is 1.26 bits per heavy atom. The third kappa shape index (κ3) is 4.07. The van der Waals surface area contributed by atoms with Gasteiger partial charge in [-0.25, -0.2) is 4.79 Å². The maximum atomic E-state index is 12.2. The van der Waals surface area contributed by atoms with Crippen LogP contribution in [0, 0.1) is 0 Å². The smallest absolute Gasteiger partial charge is 0.410 e. The van der Waals surface area contributed by atoms with Gasteiger partial charge in [-0.3, -0.25) is 5.32 Å². The van der Waals surface area contributed by atoms with Gasteiger partial charge in [0.15, 0.2) is 0 Å². The number of carbonyl (C=O) groups excluding carboxylic acids is 1. The SMILES string of the molecule is CN1CC=C(c2c[nH]c3ccc(NC(=O)Oc4cccc(Br)c4)cc23)CC1. The highest BCUT2D eigenvalue weighted by molar-refractivity contribution is 9.10. The lowest BCUT2D eigenvalue weighted by molar-refractivity contribution is 0.215. The van der Waals surface area contributed by atoms with Crippen LogP contribution in [0.25, 0.3) is 16.5 Å². The molecule has 0 bridgehead atoms. The number of ether oxygens (including phenoxy) is 1. The van der Waals surface area contributed by atoms with Crippen LogP contribution in [0.4, 0.5) is 10.5 Å². The van der Waals surface area contributed by atoms with E-state index in [0.29, 0.717) is 11.4 Å². The summed E-state index contributed by atoms with van der Waals surface area (Å²) in [6.07, 6.45) is 4.83. The number of nitrogens with zero attached hydrogens (tertiary/aromatic N) is 1. The molecule has 0 saturated carbocycles. The summed E-state index contributed by atoms with van der Waals surface area (Å²) in [5.74, 6) is 0.488. The molecule has 1 amide bonds. The standard InChI is InChI=1S/C21H20BrN3O2/c1-25-9-7-14(8-10-25)19-13-23-20-6-5-16(12-18(19)20)24-21(26)27-17-4-2-3-15(22)11-17/h2-7,11-13,23H,8-10H2,1H3,(H,24,26). The molecule has 1 aromatic heterocycles. The zero-order valence-electron chi connectivity index (χ0n) is 15.0. The van der Waals surface area contributed by atoms with Gasteiger partial charge >= 0.3 is 6.09 Å². The molecule has 1 aliphatic heterocycles. The van der Waals surface area contributed by atoms with Crippen molar-refractivity contribution in [3.63, 3.8) is 0 Å². The number of hydrogen-bond acceptors (Lipinski definition) is 3. The van der Waals surface area contributed by atoms with Gasteiger partial charge in [-0.2, -0.15) is 0 Å². The van der Waals surface area contributed by atoms with Crippen molar-refractivity contribution in [1.82, 2.24) is 9.88 Å². The van der Waals surface area contributed by atoms with E-state index < -0.39 is 6.09 Å². The summed E-state index contributed by atoms with van der Waals surface area (Å²) >= 11 is 3.37. The fraction of sp³-hybridized carbons (Fsp3) is 0.190. The van der Waals surface area contributed by atoms with Crippen LogP contribution < -0.4 is 10.1 Å². The zero-order chi connectivity index (χ0) is 18.8. The lowest BCUT2D eigenvalue weighted by Gasteiger charge is -2.21. The molecule has 6 heteroatoms. The summed E-state index contributed by atoms with van der Waals surface area (Å²) in [5, 5.41) is 3.91. The number of carbonyl (C=O) groups is 1. The second-order valence-electron chi connectivity index (χ2n) is 6.68. The van der Waals surface area contributed by atoms with Gasteiger partial charge in [0.1, 0.15) is 5.75 Å². The molecule has 2 heterocycles. The lowest BCUT2D eigenvalue weighted by Crippen LogP contribution is -2.23. The molecular weight excluding hydrogens is 406 g/mol. The molecule has 0 saturated heterocycles.